The van der Waals surface area contributed by atoms with Gasteiger partial charge < -0.3 is 10.0 Å². The maximum atomic E-state index is 12.0. The number of rotatable bonds is 4. The lowest BCUT2D eigenvalue weighted by molar-refractivity contribution is 0.101. The summed E-state index contributed by atoms with van der Waals surface area (Å²) in [6, 6.07) is 5.62. The van der Waals surface area contributed by atoms with Gasteiger partial charge in [-0.25, -0.2) is 8.42 Å². The molecule has 1 aromatic rings. The molecule has 1 saturated heterocycles. The van der Waals surface area contributed by atoms with Crippen LogP contribution in [-0.4, -0.2) is 50.4 Å². The van der Waals surface area contributed by atoms with Crippen LogP contribution < -0.4 is 4.31 Å². The van der Waals surface area contributed by atoms with E-state index in [4.69, 9.17) is 0 Å². The van der Waals surface area contributed by atoms with E-state index in [1.165, 1.54) is 29.8 Å². The number of hydrogen-bond acceptors (Lipinski definition) is 4. The first-order chi connectivity index (χ1) is 10.9. The quantitative estimate of drug-likeness (QED) is 0.911. The van der Waals surface area contributed by atoms with Crippen molar-refractivity contribution in [1.82, 2.24) is 4.90 Å². The van der Waals surface area contributed by atoms with Crippen molar-refractivity contribution in [3.63, 3.8) is 0 Å². The summed E-state index contributed by atoms with van der Waals surface area (Å²) in [5.41, 5.74) is 2.66. The number of fused-ring (bicyclic) bond motifs is 1. The van der Waals surface area contributed by atoms with Crippen LogP contribution in [-0.2, 0) is 16.4 Å². The van der Waals surface area contributed by atoms with Crippen molar-refractivity contribution in [2.45, 2.75) is 44.8 Å². The SMILES string of the molecule is C[C@H]1Cc2cc([C@H](O)CN3CCCCC3)ccc2N1S(C)(=O)=O. The van der Waals surface area contributed by atoms with Crippen LogP contribution in [0.2, 0.25) is 0 Å². The minimum Gasteiger partial charge on any atom is -0.387 e. The Kier molecular flexibility index (Phi) is 4.67. The molecule has 2 aliphatic heterocycles. The second-order valence-electron chi connectivity index (χ2n) is 6.88. The van der Waals surface area contributed by atoms with Crippen LogP contribution in [0.1, 0.15) is 43.4 Å². The van der Waals surface area contributed by atoms with Gasteiger partial charge in [0.2, 0.25) is 10.0 Å². The Morgan fingerprint density at radius 2 is 1.96 bits per heavy atom. The summed E-state index contributed by atoms with van der Waals surface area (Å²) in [4.78, 5) is 2.31. The molecule has 0 aliphatic carbocycles. The molecule has 128 valence electrons. The van der Waals surface area contributed by atoms with Gasteiger partial charge in [0.15, 0.2) is 0 Å². The van der Waals surface area contributed by atoms with Crippen LogP contribution in [0.15, 0.2) is 18.2 Å². The molecule has 23 heavy (non-hydrogen) atoms. The third-order valence-corrected chi connectivity index (χ3v) is 6.15. The molecule has 0 aromatic heterocycles. The first kappa shape index (κ1) is 16.7. The molecule has 3 rings (SSSR count). The fourth-order valence-electron chi connectivity index (χ4n) is 3.83. The average Bonchev–Trinajstić information content (AvgIpc) is 2.82. The number of sulfonamides is 1. The van der Waals surface area contributed by atoms with Crippen molar-refractivity contribution < 1.29 is 13.5 Å². The number of anilines is 1. The van der Waals surface area contributed by atoms with Crippen LogP contribution in [0.3, 0.4) is 0 Å². The minimum absolute atomic E-state index is 0.0607. The van der Waals surface area contributed by atoms with Gasteiger partial charge in [0.05, 0.1) is 18.0 Å². The van der Waals surface area contributed by atoms with Crippen molar-refractivity contribution in [3.8, 4) is 0 Å². The zero-order chi connectivity index (χ0) is 16.6. The van der Waals surface area contributed by atoms with Gasteiger partial charge in [-0.3, -0.25) is 4.31 Å². The van der Waals surface area contributed by atoms with E-state index < -0.39 is 16.1 Å². The predicted molar refractivity (Wildman–Crippen MR) is 92.2 cm³/mol. The molecule has 0 amide bonds. The first-order valence-corrected chi connectivity index (χ1v) is 10.2. The summed E-state index contributed by atoms with van der Waals surface area (Å²) in [7, 11) is -3.26. The summed E-state index contributed by atoms with van der Waals surface area (Å²) < 4.78 is 25.4. The van der Waals surface area contributed by atoms with Gasteiger partial charge in [0.25, 0.3) is 0 Å². The highest BCUT2D eigenvalue weighted by Crippen LogP contribution is 2.35. The van der Waals surface area contributed by atoms with Gasteiger partial charge >= 0.3 is 0 Å². The summed E-state index contributed by atoms with van der Waals surface area (Å²) in [6.45, 7) is 4.69. The monoisotopic (exact) mass is 338 g/mol. The normalized spacial score (nSPS) is 23.8. The fourth-order valence-corrected chi connectivity index (χ4v) is 5.09. The molecular weight excluding hydrogens is 312 g/mol. The molecule has 0 radical (unpaired) electrons. The minimum atomic E-state index is -3.26. The van der Waals surface area contributed by atoms with Gasteiger partial charge in [0.1, 0.15) is 0 Å². The van der Waals surface area contributed by atoms with Crippen molar-refractivity contribution in [2.75, 3.05) is 30.2 Å². The third-order valence-electron chi connectivity index (χ3n) is 4.88. The molecule has 2 heterocycles. The van der Waals surface area contributed by atoms with E-state index in [0.29, 0.717) is 13.0 Å². The average molecular weight is 338 g/mol. The third kappa shape index (κ3) is 3.54. The Labute approximate surface area is 139 Å². The van der Waals surface area contributed by atoms with Crippen molar-refractivity contribution in [2.24, 2.45) is 0 Å². The molecule has 1 N–H and O–H groups in total. The molecular formula is C17H26N2O3S. The number of benzene rings is 1. The second kappa shape index (κ2) is 6.42. The zero-order valence-corrected chi connectivity index (χ0v) is 14.7. The summed E-state index contributed by atoms with van der Waals surface area (Å²) in [5.74, 6) is 0. The van der Waals surface area contributed by atoms with Gasteiger partial charge in [-0.05, 0) is 56.5 Å². The molecule has 5 nitrogen and oxygen atoms in total. The van der Waals surface area contributed by atoms with Crippen LogP contribution in [0, 0.1) is 0 Å². The largest absolute Gasteiger partial charge is 0.387 e. The van der Waals surface area contributed by atoms with E-state index in [9.17, 15) is 13.5 Å². The highest BCUT2D eigenvalue weighted by molar-refractivity contribution is 7.92. The second-order valence-corrected chi connectivity index (χ2v) is 8.74. The molecule has 0 unspecified atom stereocenters. The Morgan fingerprint density at radius 3 is 2.61 bits per heavy atom. The van der Waals surface area contributed by atoms with Gasteiger partial charge in [-0.2, -0.15) is 0 Å². The predicted octanol–water partition coefficient (Wildman–Crippen LogP) is 1.92. The van der Waals surface area contributed by atoms with E-state index in [2.05, 4.69) is 4.90 Å². The molecule has 0 bridgehead atoms. The lowest BCUT2D eigenvalue weighted by Gasteiger charge is -2.28. The number of hydrogen-bond donors (Lipinski definition) is 1. The van der Waals surface area contributed by atoms with E-state index in [1.54, 1.807) is 0 Å². The highest BCUT2D eigenvalue weighted by Gasteiger charge is 2.32. The molecule has 0 saturated carbocycles. The smallest absolute Gasteiger partial charge is 0.232 e. The Morgan fingerprint density at radius 1 is 1.26 bits per heavy atom. The van der Waals surface area contributed by atoms with Gasteiger partial charge in [-0.15, -0.1) is 0 Å². The van der Waals surface area contributed by atoms with Crippen LogP contribution >= 0.6 is 0 Å². The van der Waals surface area contributed by atoms with E-state index in [-0.39, 0.29) is 6.04 Å². The Balaban J connectivity index is 1.78. The molecule has 2 aliphatic rings. The topological polar surface area (TPSA) is 60.9 Å². The van der Waals surface area contributed by atoms with E-state index in [0.717, 1.165) is 29.9 Å². The first-order valence-electron chi connectivity index (χ1n) is 8.39. The number of nitrogens with zero attached hydrogens (tertiary/aromatic N) is 2. The van der Waals surface area contributed by atoms with Gasteiger partial charge in [0, 0.05) is 12.6 Å². The summed E-state index contributed by atoms with van der Waals surface area (Å²) >= 11 is 0. The lowest BCUT2D eigenvalue weighted by atomic mass is 10.0. The Bertz CT molecular complexity index is 668. The Hall–Kier alpha value is -1.11. The fraction of sp³-hybridized carbons (Fsp3) is 0.647. The summed E-state index contributed by atoms with van der Waals surface area (Å²) in [6.07, 6.45) is 5.13. The molecule has 1 aromatic carbocycles. The number of piperidine rings is 1. The molecule has 0 spiro atoms. The molecule has 2 atom stereocenters. The van der Waals surface area contributed by atoms with Crippen LogP contribution in [0.25, 0.3) is 0 Å². The van der Waals surface area contributed by atoms with Gasteiger partial charge in [-0.1, -0.05) is 18.6 Å². The standard InChI is InChI=1S/C17H26N2O3S/c1-13-10-15-11-14(6-7-16(15)19(13)23(2,21)22)17(20)12-18-8-4-3-5-9-18/h6-7,11,13,17,20H,3-5,8-10,12H2,1-2H3/t13-,17+/m0/s1. The van der Waals surface area contributed by atoms with Crippen molar-refractivity contribution in [3.05, 3.63) is 29.3 Å². The van der Waals surface area contributed by atoms with E-state index >= 15 is 0 Å². The van der Waals surface area contributed by atoms with Crippen molar-refractivity contribution >= 4 is 15.7 Å². The maximum absolute atomic E-state index is 12.0. The van der Waals surface area contributed by atoms with Crippen molar-refractivity contribution in [1.29, 1.82) is 0 Å². The van der Waals surface area contributed by atoms with Crippen LogP contribution in [0.5, 0.6) is 0 Å². The number of β-amino-alcohol motifs (C(OH)–C–C–N with tert-alkyl or cyclic N) is 1. The molecule has 1 fully saturated rings. The summed E-state index contributed by atoms with van der Waals surface area (Å²) in [5, 5.41) is 10.5. The number of aliphatic hydroxyl groups excluding tert-OH is 1. The highest BCUT2D eigenvalue weighted by atomic mass is 32.2. The number of likely N-dealkylation sites (tertiary alicyclic amines) is 1. The zero-order valence-electron chi connectivity index (χ0n) is 13.9. The number of aliphatic hydroxyl groups is 1. The van der Waals surface area contributed by atoms with E-state index in [1.807, 2.05) is 25.1 Å². The maximum Gasteiger partial charge on any atom is 0.232 e. The lowest BCUT2D eigenvalue weighted by Crippen LogP contribution is -2.34. The molecule has 6 heteroatoms. The van der Waals surface area contributed by atoms with Crippen LogP contribution in [0.4, 0.5) is 5.69 Å².